The minimum absolute atomic E-state index is 0.671. The van der Waals surface area contributed by atoms with Crippen LogP contribution in [0.5, 0.6) is 0 Å². The van der Waals surface area contributed by atoms with E-state index >= 15 is 0 Å². The molecule has 3 rings (SSSR count). The Morgan fingerprint density at radius 3 is 2.77 bits per heavy atom. The molecule has 0 amide bonds. The molecule has 0 radical (unpaired) electrons. The smallest absolute Gasteiger partial charge is 0.225 e. The molecule has 2 heterocycles. The van der Waals surface area contributed by atoms with Crippen molar-refractivity contribution in [3.8, 4) is 0 Å². The second-order valence-electron chi connectivity index (χ2n) is 5.69. The predicted octanol–water partition coefficient (Wildman–Crippen LogP) is 3.25. The molecule has 4 heteroatoms. The van der Waals surface area contributed by atoms with E-state index in [1.54, 1.807) is 0 Å². The van der Waals surface area contributed by atoms with Crippen molar-refractivity contribution < 1.29 is 0 Å². The monoisotopic (exact) mass is 294 g/mol. The zero-order valence-electron chi connectivity index (χ0n) is 13.3. The van der Waals surface area contributed by atoms with Crippen LogP contribution in [0.1, 0.15) is 22.4 Å². The zero-order valence-corrected chi connectivity index (χ0v) is 13.3. The van der Waals surface area contributed by atoms with E-state index in [1.807, 2.05) is 13.0 Å². The van der Waals surface area contributed by atoms with Crippen LogP contribution in [0.15, 0.2) is 36.9 Å². The van der Waals surface area contributed by atoms with Crippen LogP contribution in [0.4, 0.5) is 11.8 Å². The fourth-order valence-corrected chi connectivity index (χ4v) is 2.84. The standard InChI is InChI=1S/C18H22N4/c1-4-10-19-18-20-14(3)13(2)17(21-18)22-11-9-15-7-5-6-8-16(15)12-22/h4-8H,1,9-12H2,2-3H3,(H,19,20,21). The van der Waals surface area contributed by atoms with Crippen molar-refractivity contribution in [2.75, 3.05) is 23.3 Å². The summed E-state index contributed by atoms with van der Waals surface area (Å²) in [5.74, 6) is 1.71. The predicted molar refractivity (Wildman–Crippen MR) is 91.4 cm³/mol. The average Bonchev–Trinajstić information content (AvgIpc) is 2.55. The third kappa shape index (κ3) is 2.82. The van der Waals surface area contributed by atoms with Gasteiger partial charge in [0.2, 0.25) is 5.95 Å². The van der Waals surface area contributed by atoms with Gasteiger partial charge in [-0.05, 0) is 31.4 Å². The Labute approximate surface area is 131 Å². The maximum atomic E-state index is 4.72. The summed E-state index contributed by atoms with van der Waals surface area (Å²) in [4.78, 5) is 11.6. The summed E-state index contributed by atoms with van der Waals surface area (Å²) >= 11 is 0. The molecule has 0 saturated heterocycles. The Morgan fingerprint density at radius 1 is 1.23 bits per heavy atom. The van der Waals surface area contributed by atoms with Crippen molar-refractivity contribution in [2.45, 2.75) is 26.8 Å². The van der Waals surface area contributed by atoms with Gasteiger partial charge < -0.3 is 10.2 Å². The van der Waals surface area contributed by atoms with Gasteiger partial charge in [-0.15, -0.1) is 6.58 Å². The molecule has 0 aliphatic carbocycles. The third-order valence-electron chi connectivity index (χ3n) is 4.20. The highest BCUT2D eigenvalue weighted by Gasteiger charge is 2.20. The first kappa shape index (κ1) is 14.6. The highest BCUT2D eigenvalue weighted by atomic mass is 15.2. The van der Waals surface area contributed by atoms with Gasteiger partial charge in [0.15, 0.2) is 0 Å². The number of aryl methyl sites for hydroxylation is 1. The van der Waals surface area contributed by atoms with Crippen LogP contribution in [0.2, 0.25) is 0 Å². The van der Waals surface area contributed by atoms with Crippen molar-refractivity contribution in [3.63, 3.8) is 0 Å². The first-order chi connectivity index (χ1) is 10.7. The van der Waals surface area contributed by atoms with Crippen LogP contribution in [0.3, 0.4) is 0 Å². The molecule has 0 bridgehead atoms. The number of hydrogen-bond donors (Lipinski definition) is 1. The zero-order chi connectivity index (χ0) is 15.5. The van der Waals surface area contributed by atoms with Crippen molar-refractivity contribution >= 4 is 11.8 Å². The molecule has 114 valence electrons. The van der Waals surface area contributed by atoms with E-state index in [0.717, 1.165) is 36.6 Å². The SMILES string of the molecule is C=CCNc1nc(C)c(C)c(N2CCc3ccccc3C2)n1. The second-order valence-corrected chi connectivity index (χ2v) is 5.69. The van der Waals surface area contributed by atoms with E-state index < -0.39 is 0 Å². The molecule has 0 saturated carbocycles. The summed E-state index contributed by atoms with van der Waals surface area (Å²) < 4.78 is 0. The van der Waals surface area contributed by atoms with E-state index in [0.29, 0.717) is 12.5 Å². The molecule has 22 heavy (non-hydrogen) atoms. The third-order valence-corrected chi connectivity index (χ3v) is 4.20. The Kier molecular flexibility index (Phi) is 4.09. The molecule has 1 N–H and O–H groups in total. The molecule has 2 aromatic rings. The van der Waals surface area contributed by atoms with Crippen molar-refractivity contribution in [1.29, 1.82) is 0 Å². The number of benzene rings is 1. The summed E-state index contributed by atoms with van der Waals surface area (Å²) in [6.45, 7) is 10.4. The Morgan fingerprint density at radius 2 is 2.00 bits per heavy atom. The molecule has 1 aliphatic heterocycles. The number of fused-ring (bicyclic) bond motifs is 1. The lowest BCUT2D eigenvalue weighted by molar-refractivity contribution is 0.715. The molecule has 0 atom stereocenters. The normalized spacial score (nSPS) is 13.6. The van der Waals surface area contributed by atoms with E-state index in [9.17, 15) is 0 Å². The van der Waals surface area contributed by atoms with Gasteiger partial charge in [-0.2, -0.15) is 4.98 Å². The first-order valence-electron chi connectivity index (χ1n) is 7.70. The Balaban J connectivity index is 1.91. The Bertz CT molecular complexity index is 693. The molecule has 0 unspecified atom stereocenters. The minimum Gasteiger partial charge on any atom is -0.352 e. The lowest BCUT2D eigenvalue weighted by atomic mass is 9.99. The molecular weight excluding hydrogens is 272 g/mol. The summed E-state index contributed by atoms with van der Waals surface area (Å²) in [5.41, 5.74) is 5.02. The number of nitrogens with zero attached hydrogens (tertiary/aromatic N) is 3. The lowest BCUT2D eigenvalue weighted by Gasteiger charge is -2.31. The number of anilines is 2. The van der Waals surface area contributed by atoms with Crippen LogP contribution in [0, 0.1) is 13.8 Å². The van der Waals surface area contributed by atoms with E-state index in [2.05, 4.69) is 53.0 Å². The van der Waals surface area contributed by atoms with Crippen molar-refractivity contribution in [2.24, 2.45) is 0 Å². The summed E-state index contributed by atoms with van der Waals surface area (Å²) in [6, 6.07) is 8.66. The molecule has 1 aliphatic rings. The fraction of sp³-hybridized carbons (Fsp3) is 0.333. The lowest BCUT2D eigenvalue weighted by Crippen LogP contribution is -2.32. The highest BCUT2D eigenvalue weighted by Crippen LogP contribution is 2.27. The fourth-order valence-electron chi connectivity index (χ4n) is 2.84. The number of rotatable bonds is 4. The quantitative estimate of drug-likeness (QED) is 0.879. The van der Waals surface area contributed by atoms with E-state index in [4.69, 9.17) is 4.98 Å². The highest BCUT2D eigenvalue weighted by molar-refractivity contribution is 5.54. The molecule has 1 aromatic carbocycles. The molecule has 1 aromatic heterocycles. The van der Waals surface area contributed by atoms with Gasteiger partial charge in [-0.3, -0.25) is 0 Å². The summed E-state index contributed by atoms with van der Waals surface area (Å²) in [6.07, 6.45) is 2.88. The molecule has 0 fully saturated rings. The van der Waals surface area contributed by atoms with Gasteiger partial charge in [0, 0.05) is 30.9 Å². The topological polar surface area (TPSA) is 41.1 Å². The van der Waals surface area contributed by atoms with Gasteiger partial charge in [-0.1, -0.05) is 30.3 Å². The number of aromatic nitrogens is 2. The van der Waals surface area contributed by atoms with Crippen molar-refractivity contribution in [1.82, 2.24) is 9.97 Å². The number of hydrogen-bond acceptors (Lipinski definition) is 4. The molecular formula is C18H22N4. The van der Waals surface area contributed by atoms with Gasteiger partial charge in [0.05, 0.1) is 0 Å². The summed E-state index contributed by atoms with van der Waals surface area (Å²) in [7, 11) is 0. The largest absolute Gasteiger partial charge is 0.352 e. The van der Waals surface area contributed by atoms with Crippen LogP contribution < -0.4 is 10.2 Å². The Hall–Kier alpha value is -2.36. The first-order valence-corrected chi connectivity index (χ1v) is 7.70. The van der Waals surface area contributed by atoms with Gasteiger partial charge in [0.25, 0.3) is 0 Å². The van der Waals surface area contributed by atoms with Crippen LogP contribution in [-0.2, 0) is 13.0 Å². The van der Waals surface area contributed by atoms with Crippen LogP contribution in [0.25, 0.3) is 0 Å². The molecule has 4 nitrogen and oxygen atoms in total. The average molecular weight is 294 g/mol. The van der Waals surface area contributed by atoms with Gasteiger partial charge in [-0.25, -0.2) is 4.98 Å². The van der Waals surface area contributed by atoms with E-state index in [1.165, 1.54) is 11.1 Å². The second kappa shape index (κ2) is 6.18. The van der Waals surface area contributed by atoms with E-state index in [-0.39, 0.29) is 0 Å². The number of nitrogens with one attached hydrogen (secondary N) is 1. The minimum atomic E-state index is 0.671. The van der Waals surface area contributed by atoms with Crippen LogP contribution in [-0.4, -0.2) is 23.1 Å². The van der Waals surface area contributed by atoms with Gasteiger partial charge >= 0.3 is 0 Å². The van der Waals surface area contributed by atoms with Crippen molar-refractivity contribution in [3.05, 3.63) is 59.3 Å². The maximum absolute atomic E-state index is 4.72. The maximum Gasteiger partial charge on any atom is 0.225 e. The summed E-state index contributed by atoms with van der Waals surface area (Å²) in [5, 5.41) is 3.19. The molecule has 0 spiro atoms. The van der Waals surface area contributed by atoms with Crippen LogP contribution >= 0.6 is 0 Å². The van der Waals surface area contributed by atoms with Gasteiger partial charge in [0.1, 0.15) is 5.82 Å².